The Hall–Kier alpha value is -0.580. The Bertz CT molecular complexity index is 378. The third kappa shape index (κ3) is 4.59. The molecule has 0 saturated heterocycles. The van der Waals surface area contributed by atoms with E-state index in [2.05, 4.69) is 16.2 Å². The topological polar surface area (TPSA) is 49.7 Å². The highest BCUT2D eigenvalue weighted by atomic mass is 32.2. The van der Waals surface area contributed by atoms with E-state index < -0.39 is 10.0 Å². The molecule has 0 atom stereocenters. The maximum Gasteiger partial charge on any atom is 0.251 e. The molecule has 0 N–H and O–H groups in total. The van der Waals surface area contributed by atoms with Crippen LogP contribution in [0.15, 0.2) is 4.40 Å². The van der Waals surface area contributed by atoms with E-state index >= 15 is 0 Å². The van der Waals surface area contributed by atoms with Gasteiger partial charge in [-0.3, -0.25) is 0 Å². The zero-order valence-corrected chi connectivity index (χ0v) is 12.8. The largest absolute Gasteiger partial charge is 0.360 e. The Morgan fingerprint density at radius 1 is 1.17 bits per heavy atom. The van der Waals surface area contributed by atoms with Crippen LogP contribution in [0.4, 0.5) is 0 Å². The van der Waals surface area contributed by atoms with E-state index in [0.717, 1.165) is 37.7 Å². The molecule has 0 aromatic carbocycles. The molecule has 0 aliphatic heterocycles. The summed E-state index contributed by atoms with van der Waals surface area (Å²) in [6, 6.07) is 0. The van der Waals surface area contributed by atoms with Gasteiger partial charge in [0.05, 0.1) is 6.26 Å². The summed E-state index contributed by atoms with van der Waals surface area (Å²) in [4.78, 5) is 2.09. The van der Waals surface area contributed by atoms with Gasteiger partial charge in [0.1, 0.15) is 5.84 Å². The summed E-state index contributed by atoms with van der Waals surface area (Å²) in [6.45, 7) is 7.99. The molecule has 0 amide bonds. The minimum absolute atomic E-state index is 0.316. The lowest BCUT2D eigenvalue weighted by Crippen LogP contribution is -2.38. The molecule has 0 aromatic rings. The highest BCUT2D eigenvalue weighted by molar-refractivity contribution is 7.89. The molecule has 1 fully saturated rings. The van der Waals surface area contributed by atoms with Gasteiger partial charge in [0.15, 0.2) is 0 Å². The number of hydrogen-bond donors (Lipinski definition) is 0. The van der Waals surface area contributed by atoms with Gasteiger partial charge >= 0.3 is 0 Å². The van der Waals surface area contributed by atoms with Gasteiger partial charge in [0.2, 0.25) is 0 Å². The second-order valence-corrected chi connectivity index (χ2v) is 6.96. The second kappa shape index (κ2) is 6.55. The Kier molecular flexibility index (Phi) is 5.63. The van der Waals surface area contributed by atoms with E-state index in [9.17, 15) is 8.42 Å². The van der Waals surface area contributed by atoms with Crippen molar-refractivity contribution in [3.05, 3.63) is 0 Å². The summed E-state index contributed by atoms with van der Waals surface area (Å²) < 4.78 is 27.0. The van der Waals surface area contributed by atoms with Crippen molar-refractivity contribution >= 4 is 15.9 Å². The molecule has 1 saturated carbocycles. The predicted molar refractivity (Wildman–Crippen MR) is 76.3 cm³/mol. The fraction of sp³-hybridized carbons (Fsp3) is 0.923. The molecule has 1 aliphatic carbocycles. The Balaban J connectivity index is 2.94. The number of nitrogens with zero attached hydrogens (tertiary/aromatic N) is 2. The normalized spacial score (nSPS) is 26.1. The minimum Gasteiger partial charge on any atom is -0.360 e. The van der Waals surface area contributed by atoms with E-state index in [1.807, 2.05) is 13.8 Å². The molecule has 0 aromatic heterocycles. The van der Waals surface area contributed by atoms with E-state index in [0.29, 0.717) is 5.92 Å². The van der Waals surface area contributed by atoms with Crippen molar-refractivity contribution in [3.63, 3.8) is 0 Å². The van der Waals surface area contributed by atoms with Crippen LogP contribution in [0, 0.1) is 11.8 Å². The van der Waals surface area contributed by atoms with E-state index in [1.54, 1.807) is 0 Å². The summed E-state index contributed by atoms with van der Waals surface area (Å²) in [5.74, 6) is 1.86. The van der Waals surface area contributed by atoms with Crippen molar-refractivity contribution in [2.45, 2.75) is 46.5 Å². The van der Waals surface area contributed by atoms with Crippen molar-refractivity contribution in [1.29, 1.82) is 0 Å². The maximum atomic E-state index is 11.5. The SMILES string of the molecule is CCN(CC)/C(=N\S(C)(=O)=O)C1CCC(C)CC1. The van der Waals surface area contributed by atoms with Crippen LogP contribution in [0.3, 0.4) is 0 Å². The Morgan fingerprint density at radius 3 is 2.06 bits per heavy atom. The standard InChI is InChI=1S/C13H26N2O2S/c1-5-15(6-2)13(14-18(4,16)17)12-9-7-11(3)8-10-12/h11-12H,5-10H2,1-4H3/b14-13-. The van der Waals surface area contributed by atoms with Gasteiger partial charge in [-0.25, -0.2) is 8.42 Å². The lowest BCUT2D eigenvalue weighted by Gasteiger charge is -2.33. The third-order valence-corrected chi connectivity index (χ3v) is 4.25. The lowest BCUT2D eigenvalue weighted by atomic mass is 9.82. The number of rotatable bonds is 4. The van der Waals surface area contributed by atoms with Crippen LogP contribution in [0.2, 0.25) is 0 Å². The fourth-order valence-corrected chi connectivity index (χ4v) is 3.23. The summed E-state index contributed by atoms with van der Waals surface area (Å²) in [7, 11) is -3.31. The van der Waals surface area contributed by atoms with Crippen molar-refractivity contribution < 1.29 is 8.42 Å². The van der Waals surface area contributed by atoms with Crippen LogP contribution >= 0.6 is 0 Å². The minimum atomic E-state index is -3.31. The summed E-state index contributed by atoms with van der Waals surface area (Å²) >= 11 is 0. The molecule has 4 nitrogen and oxygen atoms in total. The van der Waals surface area contributed by atoms with Crippen molar-refractivity contribution in [1.82, 2.24) is 4.90 Å². The number of amidine groups is 1. The Morgan fingerprint density at radius 2 is 1.67 bits per heavy atom. The van der Waals surface area contributed by atoms with Crippen LogP contribution in [0.5, 0.6) is 0 Å². The molecule has 5 heteroatoms. The molecular weight excluding hydrogens is 248 g/mol. The van der Waals surface area contributed by atoms with Gasteiger partial charge < -0.3 is 4.90 Å². The van der Waals surface area contributed by atoms with Crippen molar-refractivity contribution in [2.24, 2.45) is 16.2 Å². The van der Waals surface area contributed by atoms with Gasteiger partial charge in [0, 0.05) is 19.0 Å². The van der Waals surface area contributed by atoms with Gasteiger partial charge in [-0.1, -0.05) is 19.8 Å². The van der Waals surface area contributed by atoms with Crippen LogP contribution in [0.25, 0.3) is 0 Å². The first-order chi connectivity index (χ1) is 8.37. The molecule has 1 rings (SSSR count). The van der Waals surface area contributed by atoms with E-state index in [4.69, 9.17) is 0 Å². The van der Waals surface area contributed by atoms with Gasteiger partial charge in [-0.05, 0) is 32.6 Å². The zero-order chi connectivity index (χ0) is 13.8. The average molecular weight is 274 g/mol. The Labute approximate surface area is 112 Å². The van der Waals surface area contributed by atoms with E-state index in [-0.39, 0.29) is 0 Å². The highest BCUT2D eigenvalue weighted by Gasteiger charge is 2.26. The second-order valence-electron chi connectivity index (χ2n) is 5.31. The fourth-order valence-electron chi connectivity index (χ4n) is 2.63. The molecule has 18 heavy (non-hydrogen) atoms. The third-order valence-electron chi connectivity index (χ3n) is 3.73. The number of hydrogen-bond acceptors (Lipinski definition) is 2. The number of sulfonamides is 1. The molecule has 0 radical (unpaired) electrons. The summed E-state index contributed by atoms with van der Waals surface area (Å²) in [6.07, 6.45) is 5.66. The molecule has 0 bridgehead atoms. The smallest absolute Gasteiger partial charge is 0.251 e. The van der Waals surface area contributed by atoms with Gasteiger partial charge in [-0.15, -0.1) is 0 Å². The maximum absolute atomic E-state index is 11.5. The van der Waals surface area contributed by atoms with Crippen molar-refractivity contribution in [3.8, 4) is 0 Å². The monoisotopic (exact) mass is 274 g/mol. The molecule has 0 spiro atoms. The molecule has 0 unspecified atom stereocenters. The molecular formula is C13H26N2O2S. The first-order valence-corrected chi connectivity index (χ1v) is 8.77. The van der Waals surface area contributed by atoms with E-state index in [1.165, 1.54) is 19.1 Å². The predicted octanol–water partition coefficient (Wildman–Crippen LogP) is 2.51. The quantitative estimate of drug-likeness (QED) is 0.584. The van der Waals surface area contributed by atoms with Crippen LogP contribution in [0.1, 0.15) is 46.5 Å². The molecule has 106 valence electrons. The molecule has 0 heterocycles. The first-order valence-electron chi connectivity index (χ1n) is 6.92. The van der Waals surface area contributed by atoms with Gasteiger partial charge in [0.25, 0.3) is 10.0 Å². The van der Waals surface area contributed by atoms with Crippen LogP contribution in [-0.4, -0.2) is 38.5 Å². The zero-order valence-electron chi connectivity index (χ0n) is 12.0. The van der Waals surface area contributed by atoms with Crippen molar-refractivity contribution in [2.75, 3.05) is 19.3 Å². The summed E-state index contributed by atoms with van der Waals surface area (Å²) in [5.41, 5.74) is 0. The average Bonchev–Trinajstić information content (AvgIpc) is 2.29. The highest BCUT2D eigenvalue weighted by Crippen LogP contribution is 2.30. The van der Waals surface area contributed by atoms with Crippen LogP contribution < -0.4 is 0 Å². The van der Waals surface area contributed by atoms with Gasteiger partial charge in [-0.2, -0.15) is 4.40 Å². The molecule has 1 aliphatic rings. The van der Waals surface area contributed by atoms with Crippen LogP contribution in [-0.2, 0) is 10.0 Å². The lowest BCUT2D eigenvalue weighted by molar-refractivity contribution is 0.318. The first kappa shape index (κ1) is 15.5. The summed E-state index contributed by atoms with van der Waals surface area (Å²) in [5, 5.41) is 0.